The van der Waals surface area contributed by atoms with Gasteiger partial charge < -0.3 is 15.5 Å². The lowest BCUT2D eigenvalue weighted by atomic mass is 10.0. The second kappa shape index (κ2) is 7.26. The summed E-state index contributed by atoms with van der Waals surface area (Å²) in [5, 5.41) is 0. The van der Waals surface area contributed by atoms with Crippen LogP contribution in [0.4, 0.5) is 0 Å². The lowest BCUT2D eigenvalue weighted by molar-refractivity contribution is 0.0635. The number of carbonyl (C=O) groups excluding carboxylic acids is 1. The molecule has 1 aromatic carbocycles. The monoisotopic (exact) mass is 285 g/mol. The van der Waals surface area contributed by atoms with Crippen molar-refractivity contribution < 1.29 is 4.79 Å². The van der Waals surface area contributed by atoms with Gasteiger partial charge >= 0.3 is 0 Å². The number of nitrogens with two attached hydrogens (primary N) is 1. The lowest BCUT2D eigenvalue weighted by Crippen LogP contribution is -2.47. The SMILES string of the molecule is CN(C)C1CCCN(C(=O)c2cccc(C#CCN)c2)C1. The summed E-state index contributed by atoms with van der Waals surface area (Å²) in [7, 11) is 4.14. The Hall–Kier alpha value is -1.83. The van der Waals surface area contributed by atoms with Gasteiger partial charge in [0, 0.05) is 30.3 Å². The number of hydrogen-bond acceptors (Lipinski definition) is 3. The van der Waals surface area contributed by atoms with Crippen molar-refractivity contribution >= 4 is 5.91 Å². The molecule has 1 heterocycles. The standard InChI is InChI=1S/C17H23N3O/c1-19(2)16-9-5-11-20(13-16)17(21)15-8-3-6-14(12-15)7-4-10-18/h3,6,8,12,16H,5,9-11,13,18H2,1-2H3. The Morgan fingerprint density at radius 3 is 3.00 bits per heavy atom. The highest BCUT2D eigenvalue weighted by Crippen LogP contribution is 2.17. The van der Waals surface area contributed by atoms with Gasteiger partial charge in [0.1, 0.15) is 0 Å². The number of hydrogen-bond donors (Lipinski definition) is 1. The van der Waals surface area contributed by atoms with Crippen LogP contribution >= 0.6 is 0 Å². The first-order chi connectivity index (χ1) is 10.1. The Morgan fingerprint density at radius 2 is 2.29 bits per heavy atom. The highest BCUT2D eigenvalue weighted by Gasteiger charge is 2.25. The Bertz CT molecular complexity index is 557. The van der Waals surface area contributed by atoms with E-state index in [1.807, 2.05) is 29.2 Å². The van der Waals surface area contributed by atoms with E-state index in [4.69, 9.17) is 5.73 Å². The lowest BCUT2D eigenvalue weighted by Gasteiger charge is -2.36. The third kappa shape index (κ3) is 4.07. The summed E-state index contributed by atoms with van der Waals surface area (Å²) in [5.41, 5.74) is 6.93. The van der Waals surface area contributed by atoms with E-state index in [1.165, 1.54) is 0 Å². The predicted molar refractivity (Wildman–Crippen MR) is 85.0 cm³/mol. The molecule has 1 atom stereocenters. The molecule has 21 heavy (non-hydrogen) atoms. The van der Waals surface area contributed by atoms with E-state index >= 15 is 0 Å². The highest BCUT2D eigenvalue weighted by atomic mass is 16.2. The van der Waals surface area contributed by atoms with Crippen LogP contribution in [0.2, 0.25) is 0 Å². The molecule has 1 aliphatic rings. The minimum absolute atomic E-state index is 0.0953. The maximum absolute atomic E-state index is 12.6. The number of benzene rings is 1. The molecular formula is C17H23N3O. The van der Waals surface area contributed by atoms with E-state index in [1.54, 1.807) is 0 Å². The van der Waals surface area contributed by atoms with Gasteiger partial charge in [-0.15, -0.1) is 0 Å². The van der Waals surface area contributed by atoms with Crippen LogP contribution < -0.4 is 5.73 Å². The molecule has 1 unspecified atom stereocenters. The fourth-order valence-corrected chi connectivity index (χ4v) is 2.63. The van der Waals surface area contributed by atoms with Crippen molar-refractivity contribution in [1.29, 1.82) is 0 Å². The van der Waals surface area contributed by atoms with E-state index in [2.05, 4.69) is 30.8 Å². The van der Waals surface area contributed by atoms with Gasteiger partial charge in [0.15, 0.2) is 0 Å². The van der Waals surface area contributed by atoms with Gasteiger partial charge in [-0.05, 0) is 45.1 Å². The van der Waals surface area contributed by atoms with Crippen LogP contribution in [-0.2, 0) is 0 Å². The zero-order chi connectivity index (χ0) is 15.2. The Balaban J connectivity index is 2.12. The van der Waals surface area contributed by atoms with Gasteiger partial charge in [0.25, 0.3) is 5.91 Å². The summed E-state index contributed by atoms with van der Waals surface area (Å²) < 4.78 is 0. The molecule has 112 valence electrons. The van der Waals surface area contributed by atoms with Crippen LogP contribution in [-0.4, -0.2) is 55.5 Å². The molecule has 1 amide bonds. The molecule has 1 saturated heterocycles. The van der Waals surface area contributed by atoms with Gasteiger partial charge in [0.05, 0.1) is 6.54 Å². The van der Waals surface area contributed by atoms with E-state index in [0.29, 0.717) is 18.2 Å². The summed E-state index contributed by atoms with van der Waals surface area (Å²) in [6, 6.07) is 7.93. The summed E-state index contributed by atoms with van der Waals surface area (Å²) >= 11 is 0. The Kier molecular flexibility index (Phi) is 5.38. The van der Waals surface area contributed by atoms with Crippen LogP contribution in [0.3, 0.4) is 0 Å². The number of nitrogens with zero attached hydrogens (tertiary/aromatic N) is 2. The zero-order valence-electron chi connectivity index (χ0n) is 12.8. The third-order valence-corrected chi connectivity index (χ3v) is 3.86. The quantitative estimate of drug-likeness (QED) is 0.830. The highest BCUT2D eigenvalue weighted by molar-refractivity contribution is 5.94. The minimum atomic E-state index is 0.0953. The number of amides is 1. The van der Waals surface area contributed by atoms with Crippen molar-refractivity contribution in [2.45, 2.75) is 18.9 Å². The molecule has 2 rings (SSSR count). The third-order valence-electron chi connectivity index (χ3n) is 3.86. The van der Waals surface area contributed by atoms with E-state index in [9.17, 15) is 4.79 Å². The second-order valence-electron chi connectivity index (χ2n) is 5.60. The van der Waals surface area contributed by atoms with Crippen LogP contribution in [0.25, 0.3) is 0 Å². The number of likely N-dealkylation sites (tertiary alicyclic amines) is 1. The van der Waals surface area contributed by atoms with Crippen molar-refractivity contribution in [3.63, 3.8) is 0 Å². The smallest absolute Gasteiger partial charge is 0.253 e. The molecule has 4 nitrogen and oxygen atoms in total. The minimum Gasteiger partial charge on any atom is -0.337 e. The molecule has 0 spiro atoms. The van der Waals surface area contributed by atoms with E-state index in [-0.39, 0.29) is 5.91 Å². The number of rotatable bonds is 2. The summed E-state index contributed by atoms with van der Waals surface area (Å²) in [6.07, 6.45) is 2.21. The average Bonchev–Trinajstić information content (AvgIpc) is 2.52. The van der Waals surface area contributed by atoms with Gasteiger partial charge in [-0.25, -0.2) is 0 Å². The van der Waals surface area contributed by atoms with Gasteiger partial charge in [0.2, 0.25) is 0 Å². The van der Waals surface area contributed by atoms with E-state index < -0.39 is 0 Å². The van der Waals surface area contributed by atoms with Gasteiger partial charge in [-0.1, -0.05) is 17.9 Å². The zero-order valence-corrected chi connectivity index (χ0v) is 12.8. The summed E-state index contributed by atoms with van der Waals surface area (Å²) in [6.45, 7) is 1.96. The van der Waals surface area contributed by atoms with Crippen LogP contribution in [0.5, 0.6) is 0 Å². The largest absolute Gasteiger partial charge is 0.337 e. The van der Waals surface area contributed by atoms with Crippen LogP contribution in [0, 0.1) is 11.8 Å². The summed E-state index contributed by atoms with van der Waals surface area (Å²) in [5.74, 6) is 5.89. The van der Waals surface area contributed by atoms with Crippen molar-refractivity contribution in [2.75, 3.05) is 33.7 Å². The maximum Gasteiger partial charge on any atom is 0.253 e. The normalized spacial score (nSPS) is 18.3. The van der Waals surface area contributed by atoms with Gasteiger partial charge in [-0.2, -0.15) is 0 Å². The molecule has 4 heteroatoms. The Labute approximate surface area is 126 Å². The molecule has 0 aliphatic carbocycles. The second-order valence-corrected chi connectivity index (χ2v) is 5.60. The van der Waals surface area contributed by atoms with Crippen molar-refractivity contribution in [3.05, 3.63) is 35.4 Å². The fraction of sp³-hybridized carbons (Fsp3) is 0.471. The molecule has 1 fully saturated rings. The predicted octanol–water partition coefficient (Wildman–Crippen LogP) is 1.16. The first kappa shape index (κ1) is 15.6. The number of likely N-dealkylation sites (N-methyl/N-ethyl adjacent to an activating group) is 1. The molecule has 0 aromatic heterocycles. The molecular weight excluding hydrogens is 262 g/mol. The molecule has 0 saturated carbocycles. The number of piperidine rings is 1. The summed E-state index contributed by atoms with van der Waals surface area (Å²) in [4.78, 5) is 16.8. The Morgan fingerprint density at radius 1 is 1.48 bits per heavy atom. The first-order valence-electron chi connectivity index (χ1n) is 7.36. The van der Waals surface area contributed by atoms with Gasteiger partial charge in [-0.3, -0.25) is 4.79 Å². The van der Waals surface area contributed by atoms with Crippen LogP contribution in [0.15, 0.2) is 24.3 Å². The van der Waals surface area contributed by atoms with E-state index in [0.717, 1.165) is 31.5 Å². The molecule has 1 aromatic rings. The first-order valence-corrected chi connectivity index (χ1v) is 7.36. The molecule has 0 bridgehead atoms. The van der Waals surface area contributed by atoms with Crippen molar-refractivity contribution in [2.24, 2.45) is 5.73 Å². The van der Waals surface area contributed by atoms with Crippen molar-refractivity contribution in [1.82, 2.24) is 9.80 Å². The van der Waals surface area contributed by atoms with Crippen LogP contribution in [0.1, 0.15) is 28.8 Å². The average molecular weight is 285 g/mol. The number of carbonyl (C=O) groups is 1. The van der Waals surface area contributed by atoms with Crippen molar-refractivity contribution in [3.8, 4) is 11.8 Å². The molecule has 2 N–H and O–H groups in total. The molecule has 1 aliphatic heterocycles. The fourth-order valence-electron chi connectivity index (χ4n) is 2.63. The molecule has 0 radical (unpaired) electrons. The topological polar surface area (TPSA) is 49.6 Å². The maximum atomic E-state index is 12.6.